The summed E-state index contributed by atoms with van der Waals surface area (Å²) in [5, 5.41) is 7.53. The molecule has 1 aromatic carbocycles. The maximum atomic E-state index is 11.5. The van der Waals surface area contributed by atoms with Crippen molar-refractivity contribution in [2.45, 2.75) is 19.0 Å². The first kappa shape index (κ1) is 18.9. The number of sulfone groups is 1. The van der Waals surface area contributed by atoms with Crippen LogP contribution in [0.4, 0.5) is 0 Å². The minimum Gasteiger partial charge on any atom is -0.353 e. The lowest BCUT2D eigenvalue weighted by Gasteiger charge is -2.16. The maximum Gasteiger partial charge on any atom is 0.191 e. The van der Waals surface area contributed by atoms with Crippen LogP contribution in [0.3, 0.4) is 0 Å². The molecule has 0 spiro atoms. The Labute approximate surface area is 159 Å². The van der Waals surface area contributed by atoms with Gasteiger partial charge in [0.2, 0.25) is 0 Å². The Balaban J connectivity index is 0.00000208. The smallest absolute Gasteiger partial charge is 0.191 e. The molecule has 130 valence electrons. The highest BCUT2D eigenvalue weighted by atomic mass is 127. The summed E-state index contributed by atoms with van der Waals surface area (Å²) >= 11 is 0. The summed E-state index contributed by atoms with van der Waals surface area (Å²) in [4.78, 5) is 8.53. The first-order valence-corrected chi connectivity index (χ1v) is 9.40. The second-order valence-electron chi connectivity index (χ2n) is 5.66. The van der Waals surface area contributed by atoms with Crippen molar-refractivity contribution in [2.75, 3.05) is 18.6 Å². The van der Waals surface area contributed by atoms with Gasteiger partial charge in [-0.05, 0) is 24.1 Å². The van der Waals surface area contributed by atoms with E-state index >= 15 is 0 Å². The average molecular weight is 460 g/mol. The largest absolute Gasteiger partial charge is 0.353 e. The number of halogens is 1. The number of para-hydroxylation sites is 1. The van der Waals surface area contributed by atoms with Crippen molar-refractivity contribution < 1.29 is 8.42 Å². The van der Waals surface area contributed by atoms with Gasteiger partial charge < -0.3 is 10.6 Å². The van der Waals surface area contributed by atoms with Crippen LogP contribution in [0.1, 0.15) is 12.0 Å². The van der Waals surface area contributed by atoms with Gasteiger partial charge in [-0.15, -0.1) is 24.0 Å². The predicted octanol–water partition coefficient (Wildman–Crippen LogP) is 1.70. The van der Waals surface area contributed by atoms with Gasteiger partial charge in [-0.1, -0.05) is 18.2 Å². The van der Waals surface area contributed by atoms with Gasteiger partial charge in [0.1, 0.15) is 0 Å². The van der Waals surface area contributed by atoms with E-state index in [1.807, 2.05) is 30.3 Å². The number of nitrogens with one attached hydrogen (secondary N) is 2. The Hall–Kier alpha value is -1.42. The third-order valence-corrected chi connectivity index (χ3v) is 5.75. The number of aliphatic imine (C=N–C) groups is 1. The van der Waals surface area contributed by atoms with Crippen molar-refractivity contribution in [1.82, 2.24) is 15.6 Å². The summed E-state index contributed by atoms with van der Waals surface area (Å²) < 4.78 is 23.1. The van der Waals surface area contributed by atoms with Crippen LogP contribution in [0.2, 0.25) is 0 Å². The van der Waals surface area contributed by atoms with Crippen molar-refractivity contribution in [1.29, 1.82) is 0 Å². The zero-order valence-electron chi connectivity index (χ0n) is 13.4. The van der Waals surface area contributed by atoms with Gasteiger partial charge in [0.15, 0.2) is 15.8 Å². The number of rotatable bonds is 3. The molecule has 1 fully saturated rings. The molecule has 1 aromatic heterocycles. The van der Waals surface area contributed by atoms with Crippen molar-refractivity contribution in [2.24, 2.45) is 4.99 Å². The predicted molar refractivity (Wildman–Crippen MR) is 108 cm³/mol. The minimum absolute atomic E-state index is 0. The van der Waals surface area contributed by atoms with E-state index in [1.54, 1.807) is 13.2 Å². The van der Waals surface area contributed by atoms with E-state index in [4.69, 9.17) is 0 Å². The number of hydrogen-bond donors (Lipinski definition) is 2. The normalized spacial score (nSPS) is 19.7. The Morgan fingerprint density at radius 1 is 1.33 bits per heavy atom. The summed E-state index contributed by atoms with van der Waals surface area (Å²) in [5.74, 6) is 1.04. The molecule has 2 heterocycles. The van der Waals surface area contributed by atoms with Gasteiger partial charge in [0.25, 0.3) is 0 Å². The highest BCUT2D eigenvalue weighted by Gasteiger charge is 2.28. The first-order valence-electron chi connectivity index (χ1n) is 7.57. The number of aromatic nitrogens is 1. The fourth-order valence-corrected chi connectivity index (χ4v) is 4.46. The number of guanidine groups is 1. The number of pyridine rings is 1. The molecule has 0 amide bonds. The van der Waals surface area contributed by atoms with Crippen molar-refractivity contribution in [3.63, 3.8) is 0 Å². The molecule has 3 rings (SSSR count). The fraction of sp³-hybridized carbons (Fsp3) is 0.375. The number of fused-ring (bicyclic) bond motifs is 1. The van der Waals surface area contributed by atoms with Gasteiger partial charge in [0, 0.05) is 31.2 Å². The van der Waals surface area contributed by atoms with Crippen LogP contribution in [-0.4, -0.2) is 44.0 Å². The lowest BCUT2D eigenvalue weighted by molar-refractivity contribution is 0.599. The highest BCUT2D eigenvalue weighted by molar-refractivity contribution is 14.0. The van der Waals surface area contributed by atoms with Crippen LogP contribution >= 0.6 is 24.0 Å². The lowest BCUT2D eigenvalue weighted by Crippen LogP contribution is -2.43. The van der Waals surface area contributed by atoms with Gasteiger partial charge in [-0.25, -0.2) is 8.42 Å². The van der Waals surface area contributed by atoms with E-state index in [9.17, 15) is 8.42 Å². The molecule has 24 heavy (non-hydrogen) atoms. The Kier molecular flexibility index (Phi) is 6.39. The third-order valence-electron chi connectivity index (χ3n) is 3.98. The summed E-state index contributed by atoms with van der Waals surface area (Å²) in [7, 11) is -1.21. The molecule has 1 saturated heterocycles. The second kappa shape index (κ2) is 8.11. The van der Waals surface area contributed by atoms with Gasteiger partial charge >= 0.3 is 0 Å². The molecule has 2 aromatic rings. The van der Waals surface area contributed by atoms with Crippen molar-refractivity contribution >= 4 is 50.7 Å². The third kappa shape index (κ3) is 4.56. The molecular formula is C16H21IN4O2S. The topological polar surface area (TPSA) is 83.4 Å². The number of nitrogens with zero attached hydrogens (tertiary/aromatic N) is 2. The fourth-order valence-electron chi connectivity index (χ4n) is 2.79. The SMILES string of the molecule is CN=C(NCc1ccnc2ccccc12)NC1CCS(=O)(=O)C1.I. The van der Waals surface area contributed by atoms with Crippen LogP contribution in [0, 0.1) is 0 Å². The summed E-state index contributed by atoms with van der Waals surface area (Å²) in [5.41, 5.74) is 2.08. The summed E-state index contributed by atoms with van der Waals surface area (Å²) in [6.07, 6.45) is 2.42. The zero-order valence-corrected chi connectivity index (χ0v) is 16.5. The van der Waals surface area contributed by atoms with Crippen molar-refractivity contribution in [3.8, 4) is 0 Å². The number of hydrogen-bond acceptors (Lipinski definition) is 4. The van der Waals surface area contributed by atoms with E-state index in [1.165, 1.54) is 0 Å². The van der Waals surface area contributed by atoms with Crippen molar-refractivity contribution in [3.05, 3.63) is 42.1 Å². The molecule has 0 bridgehead atoms. The molecule has 0 saturated carbocycles. The van der Waals surface area contributed by atoms with E-state index in [0.29, 0.717) is 18.9 Å². The van der Waals surface area contributed by atoms with E-state index in [2.05, 4.69) is 20.6 Å². The van der Waals surface area contributed by atoms with E-state index < -0.39 is 9.84 Å². The molecule has 1 aliphatic rings. The number of benzene rings is 1. The van der Waals surface area contributed by atoms with Gasteiger partial charge in [-0.2, -0.15) is 0 Å². The average Bonchev–Trinajstić information content (AvgIpc) is 2.90. The molecule has 6 nitrogen and oxygen atoms in total. The Morgan fingerprint density at radius 2 is 2.12 bits per heavy atom. The van der Waals surface area contributed by atoms with Gasteiger partial charge in [-0.3, -0.25) is 9.98 Å². The molecule has 0 aliphatic carbocycles. The molecular weight excluding hydrogens is 439 g/mol. The molecule has 1 aliphatic heterocycles. The zero-order chi connectivity index (χ0) is 16.3. The van der Waals surface area contributed by atoms with Crippen LogP contribution in [-0.2, 0) is 16.4 Å². The molecule has 2 N–H and O–H groups in total. The quantitative estimate of drug-likeness (QED) is 0.414. The monoisotopic (exact) mass is 460 g/mol. The maximum absolute atomic E-state index is 11.5. The Morgan fingerprint density at radius 3 is 2.83 bits per heavy atom. The summed E-state index contributed by atoms with van der Waals surface area (Å²) in [6, 6.07) is 9.88. The van der Waals surface area contributed by atoms with Crippen LogP contribution in [0.15, 0.2) is 41.5 Å². The molecule has 8 heteroatoms. The molecule has 0 radical (unpaired) electrons. The van der Waals surface area contributed by atoms with E-state index in [-0.39, 0.29) is 41.5 Å². The standard InChI is InChI=1S/C16H20N4O2S.HI/c1-17-16(20-13-7-9-23(21,22)11-13)19-10-12-6-8-18-15-5-3-2-4-14(12)15;/h2-6,8,13H,7,9-11H2,1H3,(H2,17,19,20);1H. The van der Waals surface area contributed by atoms with Gasteiger partial charge in [0.05, 0.1) is 17.0 Å². The highest BCUT2D eigenvalue weighted by Crippen LogP contribution is 2.16. The lowest BCUT2D eigenvalue weighted by atomic mass is 10.1. The molecule has 1 atom stereocenters. The first-order chi connectivity index (χ1) is 11.1. The molecule has 1 unspecified atom stereocenters. The summed E-state index contributed by atoms with van der Waals surface area (Å²) in [6.45, 7) is 0.599. The minimum atomic E-state index is -2.90. The van der Waals surface area contributed by atoms with Crippen LogP contribution in [0.25, 0.3) is 10.9 Å². The second-order valence-corrected chi connectivity index (χ2v) is 7.89. The Bertz CT molecular complexity index is 834. The van der Waals surface area contributed by atoms with Crippen LogP contribution in [0.5, 0.6) is 0 Å². The van der Waals surface area contributed by atoms with E-state index in [0.717, 1.165) is 16.5 Å². The van der Waals surface area contributed by atoms with Crippen LogP contribution < -0.4 is 10.6 Å².